The Labute approximate surface area is 88.0 Å². The first-order valence-corrected chi connectivity index (χ1v) is 7.40. The summed E-state index contributed by atoms with van der Waals surface area (Å²) in [5, 5.41) is -0.0449. The predicted molar refractivity (Wildman–Crippen MR) is 60.0 cm³/mol. The Morgan fingerprint density at radius 1 is 1.36 bits per heavy atom. The summed E-state index contributed by atoms with van der Waals surface area (Å²) in [6, 6.07) is 0. The van der Waals surface area contributed by atoms with Crippen LogP contribution in [0.25, 0.3) is 0 Å². The molecular weight excluding hydrogens is 196 g/mol. The van der Waals surface area contributed by atoms with E-state index in [9.17, 15) is 8.42 Å². The Morgan fingerprint density at radius 3 is 2.43 bits per heavy atom. The maximum Gasteiger partial charge on any atom is 0.153 e. The van der Waals surface area contributed by atoms with Crippen molar-refractivity contribution in [2.24, 2.45) is 11.8 Å². The van der Waals surface area contributed by atoms with Crippen LogP contribution in [-0.2, 0) is 9.84 Å². The molecule has 0 spiro atoms. The van der Waals surface area contributed by atoms with E-state index in [0.29, 0.717) is 17.6 Å². The van der Waals surface area contributed by atoms with Crippen LogP contribution in [0, 0.1) is 11.8 Å². The highest BCUT2D eigenvalue weighted by atomic mass is 32.2. The first-order chi connectivity index (χ1) is 6.47. The molecule has 84 valence electrons. The van der Waals surface area contributed by atoms with Gasteiger partial charge in [0.2, 0.25) is 0 Å². The Bertz CT molecular complexity index is 269. The second kappa shape index (κ2) is 4.65. The van der Waals surface area contributed by atoms with E-state index >= 15 is 0 Å². The van der Waals surface area contributed by atoms with Crippen molar-refractivity contribution < 1.29 is 8.42 Å². The minimum Gasteiger partial charge on any atom is -0.229 e. The molecule has 0 saturated carbocycles. The first-order valence-electron chi connectivity index (χ1n) is 5.69. The fourth-order valence-corrected chi connectivity index (χ4v) is 4.62. The van der Waals surface area contributed by atoms with Gasteiger partial charge in [-0.05, 0) is 31.1 Å². The third kappa shape index (κ3) is 2.72. The third-order valence-electron chi connectivity index (χ3n) is 3.48. The minimum atomic E-state index is -2.74. The maximum atomic E-state index is 11.7. The summed E-state index contributed by atoms with van der Waals surface area (Å²) in [6.07, 6.45) is 3.97. The van der Waals surface area contributed by atoms with Crippen molar-refractivity contribution in [2.45, 2.75) is 51.7 Å². The van der Waals surface area contributed by atoms with Gasteiger partial charge >= 0.3 is 0 Å². The Kier molecular flexibility index (Phi) is 3.99. The van der Waals surface area contributed by atoms with Crippen molar-refractivity contribution in [1.29, 1.82) is 0 Å². The molecule has 3 atom stereocenters. The molecule has 0 aromatic carbocycles. The summed E-state index contributed by atoms with van der Waals surface area (Å²) in [7, 11) is -2.74. The van der Waals surface area contributed by atoms with Crippen LogP contribution in [0.1, 0.15) is 46.5 Å². The molecule has 3 heteroatoms. The van der Waals surface area contributed by atoms with Gasteiger partial charge in [0.05, 0.1) is 11.0 Å². The highest BCUT2D eigenvalue weighted by molar-refractivity contribution is 7.92. The van der Waals surface area contributed by atoms with Gasteiger partial charge in [-0.3, -0.25) is 0 Å². The molecule has 14 heavy (non-hydrogen) atoms. The molecule has 1 aliphatic heterocycles. The van der Waals surface area contributed by atoms with Crippen LogP contribution in [0.3, 0.4) is 0 Å². The van der Waals surface area contributed by atoms with Crippen LogP contribution >= 0.6 is 0 Å². The lowest BCUT2D eigenvalue weighted by molar-refractivity contribution is 0.385. The molecule has 0 amide bonds. The molecule has 1 rings (SSSR count). The zero-order valence-corrected chi connectivity index (χ0v) is 10.3. The van der Waals surface area contributed by atoms with Crippen molar-refractivity contribution in [1.82, 2.24) is 0 Å². The smallest absolute Gasteiger partial charge is 0.153 e. The van der Waals surface area contributed by atoms with E-state index in [1.807, 2.05) is 0 Å². The van der Waals surface area contributed by atoms with Crippen LogP contribution < -0.4 is 0 Å². The van der Waals surface area contributed by atoms with Crippen molar-refractivity contribution >= 4 is 9.84 Å². The minimum absolute atomic E-state index is 0.0449. The fraction of sp³-hybridized carbons (Fsp3) is 1.00. The van der Waals surface area contributed by atoms with Crippen LogP contribution in [0.15, 0.2) is 0 Å². The average molecular weight is 218 g/mol. The monoisotopic (exact) mass is 218 g/mol. The Morgan fingerprint density at radius 2 is 2.00 bits per heavy atom. The number of hydrogen-bond acceptors (Lipinski definition) is 2. The number of sulfone groups is 1. The number of hydrogen-bond donors (Lipinski definition) is 0. The molecule has 0 bridgehead atoms. The van der Waals surface area contributed by atoms with Crippen molar-refractivity contribution in [2.75, 3.05) is 5.75 Å². The largest absolute Gasteiger partial charge is 0.229 e. The standard InChI is InChI=1S/C11H22O2S/c1-4-9(2)8-10(3)11-6-5-7-14(11,12)13/h9-11H,4-8H2,1-3H3. The van der Waals surface area contributed by atoms with Crippen molar-refractivity contribution in [3.05, 3.63) is 0 Å². The maximum absolute atomic E-state index is 11.7. The molecule has 1 heterocycles. The van der Waals surface area contributed by atoms with E-state index in [1.165, 1.54) is 0 Å². The average Bonchev–Trinajstić information content (AvgIpc) is 2.45. The fourth-order valence-electron chi connectivity index (χ4n) is 2.41. The molecule has 0 aliphatic carbocycles. The van der Waals surface area contributed by atoms with Crippen LogP contribution in [-0.4, -0.2) is 19.4 Å². The highest BCUT2D eigenvalue weighted by Crippen LogP contribution is 2.30. The quantitative estimate of drug-likeness (QED) is 0.727. The van der Waals surface area contributed by atoms with Gasteiger partial charge in [-0.15, -0.1) is 0 Å². The normalized spacial score (nSPS) is 30.1. The van der Waals surface area contributed by atoms with Gasteiger partial charge in [0.1, 0.15) is 0 Å². The molecule has 0 radical (unpaired) electrons. The molecule has 0 aromatic heterocycles. The molecule has 3 unspecified atom stereocenters. The van der Waals surface area contributed by atoms with E-state index in [4.69, 9.17) is 0 Å². The molecule has 1 aliphatic rings. The summed E-state index contributed by atoms with van der Waals surface area (Å²) >= 11 is 0. The molecule has 0 N–H and O–H groups in total. The second-order valence-corrected chi connectivity index (χ2v) is 7.11. The summed E-state index contributed by atoms with van der Waals surface area (Å²) in [4.78, 5) is 0. The van der Waals surface area contributed by atoms with Crippen LogP contribution in [0.2, 0.25) is 0 Å². The van der Waals surface area contributed by atoms with E-state index in [0.717, 1.165) is 25.7 Å². The van der Waals surface area contributed by atoms with E-state index in [1.54, 1.807) is 0 Å². The van der Waals surface area contributed by atoms with Crippen molar-refractivity contribution in [3.8, 4) is 0 Å². The summed E-state index contributed by atoms with van der Waals surface area (Å²) in [6.45, 7) is 6.47. The van der Waals surface area contributed by atoms with E-state index in [2.05, 4.69) is 20.8 Å². The molecule has 2 nitrogen and oxygen atoms in total. The van der Waals surface area contributed by atoms with Gasteiger partial charge < -0.3 is 0 Å². The Hall–Kier alpha value is -0.0500. The topological polar surface area (TPSA) is 34.1 Å². The first kappa shape index (κ1) is 12.0. The summed E-state index contributed by atoms with van der Waals surface area (Å²) in [5.74, 6) is 1.42. The lowest BCUT2D eigenvalue weighted by Gasteiger charge is -2.21. The highest BCUT2D eigenvalue weighted by Gasteiger charge is 2.35. The second-order valence-electron chi connectivity index (χ2n) is 4.77. The number of rotatable bonds is 4. The molecule has 0 aromatic rings. The predicted octanol–water partition coefficient (Wildman–Crippen LogP) is 2.64. The van der Waals surface area contributed by atoms with Crippen LogP contribution in [0.5, 0.6) is 0 Å². The summed E-state index contributed by atoms with van der Waals surface area (Å²) in [5.41, 5.74) is 0. The zero-order valence-electron chi connectivity index (χ0n) is 9.49. The van der Waals surface area contributed by atoms with Gasteiger partial charge in [-0.25, -0.2) is 8.42 Å². The van der Waals surface area contributed by atoms with Gasteiger partial charge in [0.15, 0.2) is 9.84 Å². The molecule has 1 saturated heterocycles. The van der Waals surface area contributed by atoms with Gasteiger partial charge in [-0.2, -0.15) is 0 Å². The lowest BCUT2D eigenvalue weighted by atomic mass is 9.91. The van der Waals surface area contributed by atoms with Crippen LogP contribution in [0.4, 0.5) is 0 Å². The van der Waals surface area contributed by atoms with Gasteiger partial charge in [0, 0.05) is 0 Å². The molecule has 1 fully saturated rings. The third-order valence-corrected chi connectivity index (χ3v) is 5.97. The van der Waals surface area contributed by atoms with E-state index in [-0.39, 0.29) is 5.25 Å². The zero-order chi connectivity index (χ0) is 10.8. The molecular formula is C11H22O2S. The Balaban J connectivity index is 2.56. The van der Waals surface area contributed by atoms with Gasteiger partial charge in [-0.1, -0.05) is 27.2 Å². The van der Waals surface area contributed by atoms with E-state index < -0.39 is 9.84 Å². The summed E-state index contributed by atoms with van der Waals surface area (Å²) < 4.78 is 23.3. The van der Waals surface area contributed by atoms with Gasteiger partial charge in [0.25, 0.3) is 0 Å². The lowest BCUT2D eigenvalue weighted by Crippen LogP contribution is -2.25. The SMILES string of the molecule is CCC(C)CC(C)C1CCCS1(=O)=O. The van der Waals surface area contributed by atoms with Crippen molar-refractivity contribution in [3.63, 3.8) is 0 Å².